The summed E-state index contributed by atoms with van der Waals surface area (Å²) in [6.07, 6.45) is 0.439. The van der Waals surface area contributed by atoms with Gasteiger partial charge in [-0.3, -0.25) is 0 Å². The zero-order valence-electron chi connectivity index (χ0n) is 11.0. The predicted molar refractivity (Wildman–Crippen MR) is 69.7 cm³/mol. The summed E-state index contributed by atoms with van der Waals surface area (Å²) in [5.74, 6) is -0.618. The SMILES string of the molecule is CC(C)(C)OC(=O)NCCNc1nc(Cl)ncc1F. The van der Waals surface area contributed by atoms with Crippen LogP contribution in [0, 0.1) is 5.82 Å². The first-order chi connectivity index (χ1) is 8.78. The van der Waals surface area contributed by atoms with E-state index < -0.39 is 17.5 Å². The number of nitrogens with zero attached hydrogens (tertiary/aromatic N) is 2. The van der Waals surface area contributed by atoms with Gasteiger partial charge in [0, 0.05) is 13.1 Å². The zero-order chi connectivity index (χ0) is 14.5. The molecule has 0 saturated carbocycles. The van der Waals surface area contributed by atoms with Gasteiger partial charge in [-0.15, -0.1) is 0 Å². The van der Waals surface area contributed by atoms with Crippen LogP contribution in [0.15, 0.2) is 6.20 Å². The maximum atomic E-state index is 13.2. The third-order valence-electron chi connectivity index (χ3n) is 1.80. The number of halogens is 2. The van der Waals surface area contributed by atoms with E-state index >= 15 is 0 Å². The Morgan fingerprint density at radius 1 is 1.47 bits per heavy atom. The average molecular weight is 291 g/mol. The lowest BCUT2D eigenvalue weighted by Crippen LogP contribution is -2.35. The monoisotopic (exact) mass is 290 g/mol. The highest BCUT2D eigenvalue weighted by Crippen LogP contribution is 2.11. The van der Waals surface area contributed by atoms with E-state index in [-0.39, 0.29) is 24.2 Å². The molecule has 0 aliphatic heterocycles. The zero-order valence-corrected chi connectivity index (χ0v) is 11.7. The van der Waals surface area contributed by atoms with Gasteiger partial charge in [0.25, 0.3) is 0 Å². The van der Waals surface area contributed by atoms with Crippen LogP contribution < -0.4 is 10.6 Å². The molecule has 0 unspecified atom stereocenters. The van der Waals surface area contributed by atoms with Gasteiger partial charge in [-0.05, 0) is 32.4 Å². The second-order valence-electron chi connectivity index (χ2n) is 4.69. The highest BCUT2D eigenvalue weighted by atomic mass is 35.5. The Morgan fingerprint density at radius 2 is 2.16 bits per heavy atom. The number of rotatable bonds is 4. The van der Waals surface area contributed by atoms with Gasteiger partial charge in [-0.2, -0.15) is 4.98 Å². The van der Waals surface area contributed by atoms with E-state index in [1.807, 2.05) is 0 Å². The van der Waals surface area contributed by atoms with Crippen LogP contribution in [0.1, 0.15) is 20.8 Å². The molecule has 0 aromatic carbocycles. The van der Waals surface area contributed by atoms with Gasteiger partial charge in [0.15, 0.2) is 11.6 Å². The summed E-state index contributed by atoms with van der Waals surface area (Å²) in [7, 11) is 0. The quantitative estimate of drug-likeness (QED) is 0.657. The molecular formula is C11H16ClFN4O2. The number of anilines is 1. The Morgan fingerprint density at radius 3 is 2.79 bits per heavy atom. The minimum Gasteiger partial charge on any atom is -0.444 e. The number of hydrogen-bond acceptors (Lipinski definition) is 5. The van der Waals surface area contributed by atoms with E-state index in [1.54, 1.807) is 20.8 Å². The normalized spacial score (nSPS) is 11.0. The minimum atomic E-state index is -0.610. The number of amides is 1. The third-order valence-corrected chi connectivity index (χ3v) is 1.98. The summed E-state index contributed by atoms with van der Waals surface area (Å²) in [4.78, 5) is 18.5. The summed E-state index contributed by atoms with van der Waals surface area (Å²) in [6, 6.07) is 0. The van der Waals surface area contributed by atoms with E-state index in [0.29, 0.717) is 0 Å². The number of aromatic nitrogens is 2. The molecule has 0 atom stereocenters. The van der Waals surface area contributed by atoms with Crippen LogP contribution in [0.3, 0.4) is 0 Å². The molecule has 19 heavy (non-hydrogen) atoms. The molecule has 1 heterocycles. The van der Waals surface area contributed by atoms with Crippen molar-refractivity contribution in [3.63, 3.8) is 0 Å². The second kappa shape index (κ2) is 6.51. The van der Waals surface area contributed by atoms with E-state index in [1.165, 1.54) is 0 Å². The molecule has 1 rings (SSSR count). The third kappa shape index (κ3) is 6.19. The van der Waals surface area contributed by atoms with Crippen molar-refractivity contribution in [3.8, 4) is 0 Å². The maximum absolute atomic E-state index is 13.2. The molecule has 0 spiro atoms. The maximum Gasteiger partial charge on any atom is 0.407 e. The number of carbonyl (C=O) groups is 1. The van der Waals surface area contributed by atoms with Crippen LogP contribution in [0.5, 0.6) is 0 Å². The van der Waals surface area contributed by atoms with E-state index in [4.69, 9.17) is 16.3 Å². The summed E-state index contributed by atoms with van der Waals surface area (Å²) in [5, 5.41) is 5.16. The van der Waals surface area contributed by atoms with E-state index in [9.17, 15) is 9.18 Å². The van der Waals surface area contributed by atoms with Gasteiger partial charge in [0.05, 0.1) is 6.20 Å². The molecule has 106 valence electrons. The van der Waals surface area contributed by atoms with Crippen molar-refractivity contribution < 1.29 is 13.9 Å². The molecule has 6 nitrogen and oxygen atoms in total. The van der Waals surface area contributed by atoms with E-state index in [0.717, 1.165) is 6.20 Å². The Labute approximate surface area is 115 Å². The van der Waals surface area contributed by atoms with Crippen molar-refractivity contribution in [3.05, 3.63) is 17.3 Å². The van der Waals surface area contributed by atoms with E-state index in [2.05, 4.69) is 20.6 Å². The standard InChI is InChI=1S/C11H16ClFN4O2/c1-11(2,3)19-10(18)15-5-4-14-8-7(13)6-16-9(12)17-8/h6H,4-5H2,1-3H3,(H,15,18)(H,14,16,17). The number of alkyl carbamates (subject to hydrolysis) is 1. The highest BCUT2D eigenvalue weighted by Gasteiger charge is 2.15. The summed E-state index contributed by atoms with van der Waals surface area (Å²) >= 11 is 5.53. The topological polar surface area (TPSA) is 76.1 Å². The van der Waals surface area contributed by atoms with Crippen LogP contribution in [0.2, 0.25) is 5.28 Å². The smallest absolute Gasteiger partial charge is 0.407 e. The van der Waals surface area contributed by atoms with Crippen LogP contribution in [0.25, 0.3) is 0 Å². The second-order valence-corrected chi connectivity index (χ2v) is 5.03. The highest BCUT2D eigenvalue weighted by molar-refractivity contribution is 6.28. The molecule has 0 fully saturated rings. The van der Waals surface area contributed by atoms with Crippen LogP contribution in [0.4, 0.5) is 15.0 Å². The van der Waals surface area contributed by atoms with Gasteiger partial charge < -0.3 is 15.4 Å². The molecule has 2 N–H and O–H groups in total. The molecule has 0 saturated heterocycles. The largest absolute Gasteiger partial charge is 0.444 e. The molecule has 0 bridgehead atoms. The number of carbonyl (C=O) groups excluding carboxylic acids is 1. The Bertz CT molecular complexity index is 451. The molecule has 8 heteroatoms. The Kier molecular flexibility index (Phi) is 5.29. The van der Waals surface area contributed by atoms with Gasteiger partial charge in [-0.1, -0.05) is 0 Å². The fraction of sp³-hybridized carbons (Fsp3) is 0.545. The van der Waals surface area contributed by atoms with Crippen molar-refractivity contribution >= 4 is 23.5 Å². The first-order valence-corrected chi connectivity index (χ1v) is 6.04. The van der Waals surface area contributed by atoms with Crippen molar-refractivity contribution in [2.45, 2.75) is 26.4 Å². The molecule has 1 aromatic heterocycles. The molecule has 0 radical (unpaired) electrons. The Balaban J connectivity index is 2.31. The van der Waals surface area contributed by atoms with Gasteiger partial charge >= 0.3 is 6.09 Å². The number of nitrogens with one attached hydrogen (secondary N) is 2. The minimum absolute atomic E-state index is 0.00834. The van der Waals surface area contributed by atoms with Gasteiger partial charge in [0.1, 0.15) is 5.60 Å². The average Bonchev–Trinajstić information content (AvgIpc) is 2.26. The fourth-order valence-electron chi connectivity index (χ4n) is 1.13. The molecule has 0 aliphatic carbocycles. The van der Waals surface area contributed by atoms with Crippen molar-refractivity contribution in [1.29, 1.82) is 0 Å². The molecule has 1 aromatic rings. The number of hydrogen-bond donors (Lipinski definition) is 2. The molecule has 1 amide bonds. The lowest BCUT2D eigenvalue weighted by molar-refractivity contribution is 0.0530. The van der Waals surface area contributed by atoms with Crippen LogP contribution in [-0.2, 0) is 4.74 Å². The first-order valence-electron chi connectivity index (χ1n) is 5.67. The fourth-order valence-corrected chi connectivity index (χ4v) is 1.26. The predicted octanol–water partition coefficient (Wildman–Crippen LogP) is 2.21. The summed E-state index contributed by atoms with van der Waals surface area (Å²) in [5.41, 5.74) is -0.552. The number of ether oxygens (including phenoxy) is 1. The first kappa shape index (κ1) is 15.4. The summed E-state index contributed by atoms with van der Waals surface area (Å²) in [6.45, 7) is 5.84. The van der Waals surface area contributed by atoms with Crippen molar-refractivity contribution in [2.75, 3.05) is 18.4 Å². The van der Waals surface area contributed by atoms with Crippen LogP contribution in [-0.4, -0.2) is 34.8 Å². The van der Waals surface area contributed by atoms with Crippen LogP contribution >= 0.6 is 11.6 Å². The molecular weight excluding hydrogens is 275 g/mol. The van der Waals surface area contributed by atoms with Crippen molar-refractivity contribution in [1.82, 2.24) is 15.3 Å². The van der Waals surface area contributed by atoms with Gasteiger partial charge in [-0.25, -0.2) is 14.2 Å². The van der Waals surface area contributed by atoms with Gasteiger partial charge in [0.2, 0.25) is 5.28 Å². The summed E-state index contributed by atoms with van der Waals surface area (Å²) < 4.78 is 18.3. The lowest BCUT2D eigenvalue weighted by atomic mass is 10.2. The van der Waals surface area contributed by atoms with Crippen molar-refractivity contribution in [2.24, 2.45) is 0 Å². The lowest BCUT2D eigenvalue weighted by Gasteiger charge is -2.19. The Hall–Kier alpha value is -1.63. The molecule has 0 aliphatic rings.